The molecule has 1 aliphatic rings. The third kappa shape index (κ3) is 3.32. The van der Waals surface area contributed by atoms with Crippen molar-refractivity contribution in [2.75, 3.05) is 13.1 Å². The maximum absolute atomic E-state index is 10.7. The van der Waals surface area contributed by atoms with Crippen LogP contribution in [0.4, 0.5) is 0 Å². The van der Waals surface area contributed by atoms with Gasteiger partial charge in [-0.3, -0.25) is 4.79 Å². The van der Waals surface area contributed by atoms with Crippen LogP contribution in [0, 0.1) is 0 Å². The summed E-state index contributed by atoms with van der Waals surface area (Å²) >= 11 is 0. The Morgan fingerprint density at radius 2 is 1.85 bits per heavy atom. The van der Waals surface area contributed by atoms with E-state index in [0.29, 0.717) is 0 Å². The van der Waals surface area contributed by atoms with Crippen molar-refractivity contribution in [3.63, 3.8) is 0 Å². The Bertz CT molecular complexity index is 171. The Kier molecular flexibility index (Phi) is 3.27. The minimum atomic E-state index is -0.316. The van der Waals surface area contributed by atoms with E-state index in [1.807, 2.05) is 25.8 Å². The summed E-state index contributed by atoms with van der Waals surface area (Å²) in [6, 6.07) is 0. The van der Waals surface area contributed by atoms with Crippen LogP contribution in [0.15, 0.2) is 0 Å². The molecule has 0 aliphatic carbocycles. The second kappa shape index (κ2) is 4.07. The molecule has 1 heterocycles. The number of hydrogen-bond acceptors (Lipinski definition) is 3. The van der Waals surface area contributed by atoms with Gasteiger partial charge in [0.05, 0.1) is 5.60 Å². The SMILES string of the molecule is CC(C)(C)ON(C=O)N1CCCC1. The van der Waals surface area contributed by atoms with Gasteiger partial charge in [0.25, 0.3) is 0 Å². The zero-order valence-corrected chi connectivity index (χ0v) is 8.62. The molecule has 0 aromatic carbocycles. The molecule has 0 atom stereocenters. The first-order chi connectivity index (χ1) is 6.03. The molecule has 0 spiro atoms. The number of carbonyl (C=O) groups excluding carboxylic acids is 1. The molecule has 0 aromatic heterocycles. The fourth-order valence-corrected chi connectivity index (χ4v) is 1.32. The van der Waals surface area contributed by atoms with Crippen LogP contribution < -0.4 is 0 Å². The monoisotopic (exact) mass is 186 g/mol. The van der Waals surface area contributed by atoms with Crippen molar-refractivity contribution in [2.45, 2.75) is 39.2 Å². The largest absolute Gasteiger partial charge is 0.275 e. The first kappa shape index (κ1) is 10.5. The average Bonchev–Trinajstić information content (AvgIpc) is 2.50. The molecule has 4 nitrogen and oxygen atoms in total. The van der Waals surface area contributed by atoms with E-state index < -0.39 is 0 Å². The lowest BCUT2D eigenvalue weighted by atomic mass is 10.2. The molecule has 0 aromatic rings. The molecule has 0 N–H and O–H groups in total. The van der Waals surface area contributed by atoms with E-state index in [-0.39, 0.29) is 5.60 Å². The highest BCUT2D eigenvalue weighted by Gasteiger charge is 2.23. The summed E-state index contributed by atoms with van der Waals surface area (Å²) in [7, 11) is 0. The van der Waals surface area contributed by atoms with E-state index >= 15 is 0 Å². The maximum Gasteiger partial charge on any atom is 0.249 e. The molecule has 0 unspecified atom stereocenters. The Balaban J connectivity index is 2.46. The van der Waals surface area contributed by atoms with Gasteiger partial charge in [-0.1, -0.05) is 0 Å². The summed E-state index contributed by atoms with van der Waals surface area (Å²) in [6.07, 6.45) is 3.01. The van der Waals surface area contributed by atoms with Crippen LogP contribution in [0.25, 0.3) is 0 Å². The zero-order chi connectivity index (χ0) is 9.90. The predicted molar refractivity (Wildman–Crippen MR) is 49.5 cm³/mol. The molecule has 0 bridgehead atoms. The number of nitrogens with zero attached hydrogens (tertiary/aromatic N) is 2. The fraction of sp³-hybridized carbons (Fsp3) is 0.889. The van der Waals surface area contributed by atoms with Crippen LogP contribution in [0.3, 0.4) is 0 Å². The van der Waals surface area contributed by atoms with Crippen molar-refractivity contribution >= 4 is 6.41 Å². The molecule has 1 rings (SSSR count). The number of rotatable bonds is 3. The molecular weight excluding hydrogens is 168 g/mol. The molecule has 4 heteroatoms. The van der Waals surface area contributed by atoms with Gasteiger partial charge >= 0.3 is 0 Å². The van der Waals surface area contributed by atoms with E-state index in [0.717, 1.165) is 32.3 Å². The van der Waals surface area contributed by atoms with Gasteiger partial charge in [0.2, 0.25) is 6.41 Å². The number of carbonyl (C=O) groups is 1. The van der Waals surface area contributed by atoms with E-state index in [4.69, 9.17) is 4.84 Å². The van der Waals surface area contributed by atoms with E-state index in [1.54, 1.807) is 0 Å². The first-order valence-corrected chi connectivity index (χ1v) is 4.71. The molecule has 1 aliphatic heterocycles. The summed E-state index contributed by atoms with van der Waals surface area (Å²) in [4.78, 5) is 16.2. The minimum absolute atomic E-state index is 0.316. The van der Waals surface area contributed by atoms with E-state index in [2.05, 4.69) is 0 Å². The average molecular weight is 186 g/mol. The Morgan fingerprint density at radius 1 is 1.31 bits per heavy atom. The Morgan fingerprint density at radius 3 is 2.23 bits per heavy atom. The lowest BCUT2D eigenvalue weighted by Crippen LogP contribution is -2.44. The van der Waals surface area contributed by atoms with Crippen molar-refractivity contribution in [1.29, 1.82) is 0 Å². The summed E-state index contributed by atoms with van der Waals surface area (Å²) in [5.74, 6) is 0. The Labute approximate surface area is 79.4 Å². The third-order valence-electron chi connectivity index (χ3n) is 1.82. The van der Waals surface area contributed by atoms with Crippen LogP contribution in [0.5, 0.6) is 0 Å². The van der Waals surface area contributed by atoms with Crippen molar-refractivity contribution in [1.82, 2.24) is 10.2 Å². The smallest absolute Gasteiger partial charge is 0.249 e. The van der Waals surface area contributed by atoms with Crippen LogP contribution in [0.1, 0.15) is 33.6 Å². The van der Waals surface area contributed by atoms with Crippen molar-refractivity contribution in [2.24, 2.45) is 0 Å². The molecule has 1 saturated heterocycles. The van der Waals surface area contributed by atoms with Crippen molar-refractivity contribution < 1.29 is 9.63 Å². The molecule has 0 saturated carbocycles. The number of amides is 1. The summed E-state index contributed by atoms with van der Waals surface area (Å²) in [5.41, 5.74) is -0.316. The molecule has 76 valence electrons. The first-order valence-electron chi connectivity index (χ1n) is 4.71. The highest BCUT2D eigenvalue weighted by molar-refractivity contribution is 5.44. The van der Waals surface area contributed by atoms with E-state index in [1.165, 1.54) is 5.17 Å². The quantitative estimate of drug-likeness (QED) is 0.490. The van der Waals surface area contributed by atoms with Gasteiger partial charge < -0.3 is 0 Å². The second-order valence-electron chi connectivity index (χ2n) is 4.27. The second-order valence-corrected chi connectivity index (χ2v) is 4.27. The molecule has 13 heavy (non-hydrogen) atoms. The highest BCUT2D eigenvalue weighted by Crippen LogP contribution is 2.15. The lowest BCUT2D eigenvalue weighted by molar-refractivity contribution is -0.294. The molecule has 1 fully saturated rings. The minimum Gasteiger partial charge on any atom is -0.275 e. The predicted octanol–water partition coefficient (Wildman–Crippen LogP) is 1.19. The zero-order valence-electron chi connectivity index (χ0n) is 8.62. The van der Waals surface area contributed by atoms with Crippen LogP contribution in [-0.4, -0.2) is 35.3 Å². The number of hydrogen-bond donors (Lipinski definition) is 0. The molecule has 0 radical (unpaired) electrons. The third-order valence-corrected chi connectivity index (χ3v) is 1.82. The normalized spacial score (nSPS) is 19.0. The van der Waals surface area contributed by atoms with Gasteiger partial charge in [0.1, 0.15) is 0 Å². The van der Waals surface area contributed by atoms with Gasteiger partial charge in [0, 0.05) is 13.1 Å². The van der Waals surface area contributed by atoms with E-state index in [9.17, 15) is 4.79 Å². The molecular formula is C9H18N2O2. The lowest BCUT2D eigenvalue weighted by Gasteiger charge is -2.32. The van der Waals surface area contributed by atoms with Gasteiger partial charge in [-0.2, -0.15) is 5.01 Å². The Hall–Kier alpha value is -0.610. The van der Waals surface area contributed by atoms with Gasteiger partial charge in [-0.25, -0.2) is 4.84 Å². The van der Waals surface area contributed by atoms with Gasteiger partial charge in [-0.15, -0.1) is 5.17 Å². The maximum atomic E-state index is 10.7. The van der Waals surface area contributed by atoms with Crippen LogP contribution >= 0.6 is 0 Å². The summed E-state index contributed by atoms with van der Waals surface area (Å²) in [5, 5.41) is 3.26. The molecule has 1 amide bonds. The van der Waals surface area contributed by atoms with Crippen molar-refractivity contribution in [3.8, 4) is 0 Å². The van der Waals surface area contributed by atoms with Gasteiger partial charge in [0.15, 0.2) is 0 Å². The topological polar surface area (TPSA) is 32.8 Å². The van der Waals surface area contributed by atoms with Crippen molar-refractivity contribution in [3.05, 3.63) is 0 Å². The van der Waals surface area contributed by atoms with Gasteiger partial charge in [-0.05, 0) is 33.6 Å². The number of hydrazine groups is 1. The summed E-state index contributed by atoms with van der Waals surface area (Å²) in [6.45, 7) is 7.61. The van der Waals surface area contributed by atoms with Crippen LogP contribution in [-0.2, 0) is 9.63 Å². The summed E-state index contributed by atoms with van der Waals surface area (Å²) < 4.78 is 0. The highest BCUT2D eigenvalue weighted by atomic mass is 16.7. The van der Waals surface area contributed by atoms with Crippen LogP contribution in [0.2, 0.25) is 0 Å². The standard InChI is InChI=1S/C9H18N2O2/c1-9(2,3)13-11(8-12)10-6-4-5-7-10/h8H,4-7H2,1-3H3. The fourth-order valence-electron chi connectivity index (χ4n) is 1.32. The number of hydroxylamine groups is 1.